The fourth-order valence-electron chi connectivity index (χ4n) is 3.65. The van der Waals surface area contributed by atoms with Crippen LogP contribution in [0.2, 0.25) is 0 Å². The maximum Gasteiger partial charge on any atom is 0.404 e. The fourth-order valence-corrected chi connectivity index (χ4v) is 3.65. The molecule has 2 heterocycles. The molecule has 8 nitrogen and oxygen atoms in total. The molecule has 0 aliphatic carbocycles. The SMILES string of the molecule is CCCCO.Cc1ccc2c(N3CC[C@@H](NC(=O)O)C3)nc(-c3ccccc3O)nc2c1. The van der Waals surface area contributed by atoms with Crippen LogP contribution >= 0.6 is 0 Å². The zero-order chi connectivity index (χ0) is 23.1. The molecule has 1 amide bonds. The van der Waals surface area contributed by atoms with E-state index in [-0.39, 0.29) is 11.8 Å². The quantitative estimate of drug-likeness (QED) is 0.476. The molecule has 0 bridgehead atoms. The maximum atomic E-state index is 10.9. The van der Waals surface area contributed by atoms with Crippen molar-refractivity contribution in [3.8, 4) is 17.1 Å². The maximum absolute atomic E-state index is 10.9. The van der Waals surface area contributed by atoms with E-state index in [0.717, 1.165) is 41.5 Å². The Kier molecular flexibility index (Phi) is 7.83. The lowest BCUT2D eigenvalue weighted by Gasteiger charge is -2.20. The van der Waals surface area contributed by atoms with Gasteiger partial charge in [0.05, 0.1) is 17.1 Å². The first kappa shape index (κ1) is 23.3. The standard InChI is InChI=1S/C20H20N4O3.C4H10O/c1-12-6-7-14-16(10-12)22-18(15-4-2-3-5-17(15)25)23-19(14)24-9-8-13(11-24)21-20(26)27;1-2-3-4-5/h2-7,10,13,21,25H,8-9,11H2,1H3,(H,26,27);5H,2-4H2,1H3/t13-;/m1./s1. The molecule has 32 heavy (non-hydrogen) atoms. The first-order valence-electron chi connectivity index (χ1n) is 10.8. The zero-order valence-electron chi connectivity index (χ0n) is 18.5. The van der Waals surface area contributed by atoms with E-state index in [1.54, 1.807) is 18.2 Å². The molecule has 3 aromatic rings. The highest BCUT2D eigenvalue weighted by atomic mass is 16.4. The minimum absolute atomic E-state index is 0.127. The smallest absolute Gasteiger partial charge is 0.404 e. The molecule has 1 aliphatic heterocycles. The molecule has 1 aliphatic rings. The highest BCUT2D eigenvalue weighted by Gasteiger charge is 2.27. The summed E-state index contributed by atoms with van der Waals surface area (Å²) in [5.74, 6) is 1.34. The molecular weight excluding hydrogens is 408 g/mol. The second-order valence-corrected chi connectivity index (χ2v) is 7.87. The van der Waals surface area contributed by atoms with Gasteiger partial charge in [-0.1, -0.05) is 31.5 Å². The van der Waals surface area contributed by atoms with E-state index < -0.39 is 6.09 Å². The van der Waals surface area contributed by atoms with Crippen LogP contribution in [0.1, 0.15) is 31.7 Å². The molecule has 1 saturated heterocycles. The van der Waals surface area contributed by atoms with Crippen LogP contribution in [-0.4, -0.2) is 57.1 Å². The van der Waals surface area contributed by atoms with Gasteiger partial charge in [-0.25, -0.2) is 14.8 Å². The number of aliphatic hydroxyl groups excluding tert-OH is 1. The number of aliphatic hydroxyl groups is 1. The molecule has 0 radical (unpaired) electrons. The van der Waals surface area contributed by atoms with Crippen molar-refractivity contribution in [2.24, 2.45) is 0 Å². The summed E-state index contributed by atoms with van der Waals surface area (Å²) in [6.07, 6.45) is 1.74. The summed E-state index contributed by atoms with van der Waals surface area (Å²) in [5.41, 5.74) is 2.46. The van der Waals surface area contributed by atoms with E-state index in [1.807, 2.05) is 31.2 Å². The van der Waals surface area contributed by atoms with Gasteiger partial charge in [-0.15, -0.1) is 0 Å². The van der Waals surface area contributed by atoms with E-state index in [2.05, 4.69) is 22.1 Å². The number of rotatable bonds is 5. The number of phenolic OH excluding ortho intramolecular Hbond substituents is 1. The third-order valence-corrected chi connectivity index (χ3v) is 5.30. The predicted molar refractivity (Wildman–Crippen MR) is 125 cm³/mol. The number of benzene rings is 2. The predicted octanol–water partition coefficient (Wildman–Crippen LogP) is 3.94. The largest absolute Gasteiger partial charge is 0.507 e. The number of carboxylic acid groups (broad SMARTS) is 1. The van der Waals surface area contributed by atoms with Gasteiger partial charge in [-0.2, -0.15) is 0 Å². The van der Waals surface area contributed by atoms with Crippen LogP contribution in [-0.2, 0) is 0 Å². The Hall–Kier alpha value is -3.39. The van der Waals surface area contributed by atoms with Crippen molar-refractivity contribution in [2.75, 3.05) is 24.6 Å². The number of amides is 1. The number of carbonyl (C=O) groups is 1. The highest BCUT2D eigenvalue weighted by Crippen LogP contribution is 2.33. The number of phenols is 1. The number of hydrogen-bond donors (Lipinski definition) is 4. The summed E-state index contributed by atoms with van der Waals surface area (Å²) in [6, 6.07) is 12.9. The van der Waals surface area contributed by atoms with Gasteiger partial charge in [0.25, 0.3) is 0 Å². The average molecular weight is 439 g/mol. The molecule has 0 unspecified atom stereocenters. The second kappa shape index (κ2) is 10.8. The third kappa shape index (κ3) is 5.64. The van der Waals surface area contributed by atoms with Crippen LogP contribution in [0, 0.1) is 6.92 Å². The Morgan fingerprint density at radius 2 is 2.00 bits per heavy atom. The van der Waals surface area contributed by atoms with Crippen molar-refractivity contribution in [3.05, 3.63) is 48.0 Å². The summed E-state index contributed by atoms with van der Waals surface area (Å²) < 4.78 is 0. The molecule has 0 spiro atoms. The van der Waals surface area contributed by atoms with Crippen molar-refractivity contribution in [1.29, 1.82) is 0 Å². The van der Waals surface area contributed by atoms with E-state index in [9.17, 15) is 9.90 Å². The van der Waals surface area contributed by atoms with Crippen molar-refractivity contribution in [3.63, 3.8) is 0 Å². The Morgan fingerprint density at radius 1 is 1.22 bits per heavy atom. The van der Waals surface area contributed by atoms with E-state index in [0.29, 0.717) is 31.1 Å². The molecule has 2 aromatic carbocycles. The molecule has 8 heteroatoms. The van der Waals surface area contributed by atoms with Gasteiger partial charge in [0.2, 0.25) is 0 Å². The number of aromatic nitrogens is 2. The fraction of sp³-hybridized carbons (Fsp3) is 0.375. The summed E-state index contributed by atoms with van der Waals surface area (Å²) in [6.45, 7) is 5.65. The summed E-state index contributed by atoms with van der Waals surface area (Å²) in [4.78, 5) is 22.4. The van der Waals surface area contributed by atoms with Gasteiger partial charge in [0.15, 0.2) is 5.82 Å². The Balaban J connectivity index is 0.000000523. The van der Waals surface area contributed by atoms with Crippen LogP contribution in [0.3, 0.4) is 0 Å². The first-order valence-corrected chi connectivity index (χ1v) is 10.8. The second-order valence-electron chi connectivity index (χ2n) is 7.87. The van der Waals surface area contributed by atoms with Gasteiger partial charge in [0.1, 0.15) is 11.6 Å². The summed E-state index contributed by atoms with van der Waals surface area (Å²) >= 11 is 0. The number of hydrogen-bond acceptors (Lipinski definition) is 6. The monoisotopic (exact) mass is 438 g/mol. The number of para-hydroxylation sites is 1. The van der Waals surface area contributed by atoms with Gasteiger partial charge >= 0.3 is 6.09 Å². The first-order chi connectivity index (χ1) is 15.4. The van der Waals surface area contributed by atoms with Crippen LogP contribution in [0.15, 0.2) is 42.5 Å². The third-order valence-electron chi connectivity index (χ3n) is 5.30. The molecule has 1 fully saturated rings. The van der Waals surface area contributed by atoms with Crippen molar-refractivity contribution >= 4 is 22.8 Å². The Morgan fingerprint density at radius 3 is 2.66 bits per heavy atom. The van der Waals surface area contributed by atoms with Crippen LogP contribution in [0.4, 0.5) is 10.6 Å². The molecule has 4 rings (SSSR count). The van der Waals surface area contributed by atoms with Gasteiger partial charge in [-0.05, 0) is 49.6 Å². The van der Waals surface area contributed by atoms with Crippen molar-refractivity contribution in [1.82, 2.24) is 15.3 Å². The lowest BCUT2D eigenvalue weighted by Crippen LogP contribution is -2.36. The number of aromatic hydroxyl groups is 1. The topological polar surface area (TPSA) is 119 Å². The molecule has 170 valence electrons. The molecule has 1 atom stereocenters. The van der Waals surface area contributed by atoms with Crippen molar-refractivity contribution in [2.45, 2.75) is 39.2 Å². The van der Waals surface area contributed by atoms with Crippen LogP contribution in [0.25, 0.3) is 22.3 Å². The van der Waals surface area contributed by atoms with Crippen molar-refractivity contribution < 1.29 is 20.1 Å². The normalized spacial score (nSPS) is 15.3. The number of nitrogens with one attached hydrogen (secondary N) is 1. The van der Waals surface area contributed by atoms with Gasteiger partial charge < -0.3 is 25.5 Å². The zero-order valence-corrected chi connectivity index (χ0v) is 18.5. The highest BCUT2D eigenvalue weighted by molar-refractivity contribution is 5.92. The number of fused-ring (bicyclic) bond motifs is 1. The molecule has 1 aromatic heterocycles. The molecule has 0 saturated carbocycles. The van der Waals surface area contributed by atoms with E-state index >= 15 is 0 Å². The summed E-state index contributed by atoms with van der Waals surface area (Å²) in [5, 5.41) is 30.7. The average Bonchev–Trinajstić information content (AvgIpc) is 3.21. The van der Waals surface area contributed by atoms with Crippen LogP contribution in [0.5, 0.6) is 5.75 Å². The Labute approximate surface area is 187 Å². The summed E-state index contributed by atoms with van der Waals surface area (Å²) in [7, 11) is 0. The molecule has 4 N–H and O–H groups in total. The Bertz CT molecular complexity index is 1070. The van der Waals surface area contributed by atoms with Gasteiger partial charge in [-0.3, -0.25) is 0 Å². The van der Waals surface area contributed by atoms with Gasteiger partial charge in [0, 0.05) is 25.1 Å². The minimum atomic E-state index is -1.01. The number of anilines is 1. The number of nitrogens with zero attached hydrogens (tertiary/aromatic N) is 3. The van der Waals surface area contributed by atoms with E-state index in [4.69, 9.17) is 15.2 Å². The lowest BCUT2D eigenvalue weighted by molar-refractivity contribution is 0.191. The van der Waals surface area contributed by atoms with Crippen LogP contribution < -0.4 is 10.2 Å². The number of unbranched alkanes of at least 4 members (excludes halogenated alkanes) is 1. The van der Waals surface area contributed by atoms with E-state index in [1.165, 1.54) is 0 Å². The minimum Gasteiger partial charge on any atom is -0.507 e. The molecular formula is C24H30N4O4. The lowest BCUT2D eigenvalue weighted by atomic mass is 10.1. The number of aryl methyl sites for hydroxylation is 1.